The standard InChI is InChI=1S/C25H34N2O4S/c1-31-20-25(28)27-18-12-5-3-2-4-11-17-26(19-23-15-9-10-16-24(23)27)32(29,30)21-22-13-7-6-8-14-22/h6-10,13-16H,2-5,11-12,17-21H2,1H3. The number of anilines is 1. The number of methoxy groups -OCH3 is 1. The van der Waals surface area contributed by atoms with Crippen LogP contribution in [0.15, 0.2) is 54.6 Å². The fourth-order valence-electron chi connectivity index (χ4n) is 4.14. The second kappa shape index (κ2) is 12.1. The van der Waals surface area contributed by atoms with Crippen molar-refractivity contribution in [3.63, 3.8) is 0 Å². The van der Waals surface area contributed by atoms with Gasteiger partial charge in [0, 0.05) is 32.4 Å². The Bertz CT molecular complexity index is 963. The Morgan fingerprint density at radius 1 is 0.875 bits per heavy atom. The second-order valence-corrected chi connectivity index (χ2v) is 10.3. The van der Waals surface area contributed by atoms with E-state index >= 15 is 0 Å². The van der Waals surface area contributed by atoms with Crippen molar-refractivity contribution in [2.75, 3.05) is 31.7 Å². The van der Waals surface area contributed by atoms with E-state index in [1.54, 1.807) is 9.21 Å². The van der Waals surface area contributed by atoms with E-state index < -0.39 is 10.0 Å². The summed E-state index contributed by atoms with van der Waals surface area (Å²) in [5.41, 5.74) is 2.39. The van der Waals surface area contributed by atoms with E-state index in [0.29, 0.717) is 13.1 Å². The number of rotatable bonds is 5. The highest BCUT2D eigenvalue weighted by atomic mass is 32.2. The van der Waals surface area contributed by atoms with E-state index in [1.165, 1.54) is 7.11 Å². The van der Waals surface area contributed by atoms with Crippen LogP contribution >= 0.6 is 0 Å². The van der Waals surface area contributed by atoms with E-state index in [0.717, 1.165) is 55.3 Å². The highest BCUT2D eigenvalue weighted by molar-refractivity contribution is 7.88. The molecule has 2 aromatic carbocycles. The van der Waals surface area contributed by atoms with Crippen molar-refractivity contribution in [2.45, 2.75) is 50.8 Å². The van der Waals surface area contributed by atoms with Crippen LogP contribution in [0, 0.1) is 0 Å². The molecule has 3 rings (SSSR count). The predicted octanol–water partition coefficient (Wildman–Crippen LogP) is 4.35. The van der Waals surface area contributed by atoms with Crippen LogP contribution in [0.25, 0.3) is 0 Å². The van der Waals surface area contributed by atoms with Gasteiger partial charge in [0.15, 0.2) is 0 Å². The number of nitrogens with zero attached hydrogens (tertiary/aromatic N) is 2. The van der Waals surface area contributed by atoms with Crippen LogP contribution in [0.4, 0.5) is 5.69 Å². The number of amides is 1. The molecule has 0 unspecified atom stereocenters. The fraction of sp³-hybridized carbons (Fsp3) is 0.480. The maximum absolute atomic E-state index is 13.4. The molecule has 1 aliphatic heterocycles. The molecule has 0 saturated carbocycles. The van der Waals surface area contributed by atoms with Gasteiger partial charge < -0.3 is 9.64 Å². The van der Waals surface area contributed by atoms with Gasteiger partial charge in [0.1, 0.15) is 6.61 Å². The molecule has 32 heavy (non-hydrogen) atoms. The van der Waals surface area contributed by atoms with Crippen molar-refractivity contribution in [2.24, 2.45) is 0 Å². The summed E-state index contributed by atoms with van der Waals surface area (Å²) < 4.78 is 33.5. The lowest BCUT2D eigenvalue weighted by Gasteiger charge is -2.28. The van der Waals surface area contributed by atoms with Gasteiger partial charge >= 0.3 is 0 Å². The molecular weight excluding hydrogens is 424 g/mol. The highest BCUT2D eigenvalue weighted by Crippen LogP contribution is 2.26. The van der Waals surface area contributed by atoms with E-state index in [9.17, 15) is 13.2 Å². The number of carbonyl (C=O) groups is 1. The average molecular weight is 459 g/mol. The Balaban J connectivity index is 1.93. The third kappa shape index (κ3) is 6.89. The largest absolute Gasteiger partial charge is 0.375 e. The van der Waals surface area contributed by atoms with E-state index in [2.05, 4.69) is 0 Å². The third-order valence-electron chi connectivity index (χ3n) is 5.82. The lowest BCUT2D eigenvalue weighted by molar-refractivity contribution is -0.122. The predicted molar refractivity (Wildman–Crippen MR) is 128 cm³/mol. The summed E-state index contributed by atoms with van der Waals surface area (Å²) in [4.78, 5) is 14.6. The zero-order chi connectivity index (χ0) is 22.8. The van der Waals surface area contributed by atoms with Gasteiger partial charge in [-0.1, -0.05) is 74.2 Å². The number of sulfonamides is 1. The SMILES string of the molecule is COCC(=O)N1CCCCCCCCN(S(=O)(=O)Cc2ccccc2)Cc2ccccc21. The topological polar surface area (TPSA) is 66.9 Å². The molecule has 0 fully saturated rings. The summed E-state index contributed by atoms with van der Waals surface area (Å²) in [6.45, 7) is 1.35. The van der Waals surface area contributed by atoms with Crippen molar-refractivity contribution >= 4 is 21.6 Å². The summed E-state index contributed by atoms with van der Waals surface area (Å²) in [6.07, 6.45) is 5.97. The molecule has 0 radical (unpaired) electrons. The Kier molecular flexibility index (Phi) is 9.26. The molecule has 2 aromatic rings. The summed E-state index contributed by atoms with van der Waals surface area (Å²) >= 11 is 0. The van der Waals surface area contributed by atoms with Gasteiger partial charge in [-0.3, -0.25) is 4.79 Å². The van der Waals surface area contributed by atoms with Gasteiger partial charge in [-0.25, -0.2) is 8.42 Å². The van der Waals surface area contributed by atoms with E-state index in [1.807, 2.05) is 54.6 Å². The lowest BCUT2D eigenvalue weighted by atomic mass is 10.1. The smallest absolute Gasteiger partial charge is 0.252 e. The number of hydrogen-bond acceptors (Lipinski definition) is 4. The van der Waals surface area contributed by atoms with Gasteiger partial charge in [0.05, 0.1) is 5.75 Å². The van der Waals surface area contributed by atoms with Crippen LogP contribution in [0.2, 0.25) is 0 Å². The molecule has 1 aliphatic rings. The Morgan fingerprint density at radius 3 is 2.22 bits per heavy atom. The quantitative estimate of drug-likeness (QED) is 0.668. The minimum atomic E-state index is -3.52. The number of hydrogen-bond donors (Lipinski definition) is 0. The number of carbonyl (C=O) groups excluding carboxylic acids is 1. The van der Waals surface area contributed by atoms with Crippen LogP contribution in [-0.2, 0) is 31.9 Å². The molecule has 0 bridgehead atoms. The maximum atomic E-state index is 13.4. The first-order chi connectivity index (χ1) is 15.5. The summed E-state index contributed by atoms with van der Waals surface area (Å²) in [6, 6.07) is 16.9. The highest BCUT2D eigenvalue weighted by Gasteiger charge is 2.26. The van der Waals surface area contributed by atoms with Crippen LogP contribution in [-0.4, -0.2) is 45.4 Å². The third-order valence-corrected chi connectivity index (χ3v) is 7.62. The molecule has 0 N–H and O–H groups in total. The van der Waals surface area contributed by atoms with Crippen LogP contribution in [0.3, 0.4) is 0 Å². The molecule has 0 spiro atoms. The molecule has 0 aliphatic carbocycles. The van der Waals surface area contributed by atoms with Crippen molar-refractivity contribution in [3.05, 3.63) is 65.7 Å². The first-order valence-electron chi connectivity index (χ1n) is 11.4. The molecule has 6 nitrogen and oxygen atoms in total. The summed E-state index contributed by atoms with van der Waals surface area (Å²) in [5, 5.41) is 0. The van der Waals surface area contributed by atoms with Gasteiger partial charge in [-0.05, 0) is 30.0 Å². The van der Waals surface area contributed by atoms with Gasteiger partial charge in [0.2, 0.25) is 10.0 Å². The molecule has 7 heteroatoms. The summed E-state index contributed by atoms with van der Waals surface area (Å²) in [7, 11) is -2.00. The monoisotopic (exact) mass is 458 g/mol. The average Bonchev–Trinajstić information content (AvgIpc) is 2.79. The normalized spacial score (nSPS) is 17.0. The Hall–Kier alpha value is -2.22. The minimum absolute atomic E-state index is 0.00432. The van der Waals surface area contributed by atoms with E-state index in [-0.39, 0.29) is 24.8 Å². The van der Waals surface area contributed by atoms with Gasteiger partial charge in [-0.2, -0.15) is 4.31 Å². The summed E-state index contributed by atoms with van der Waals surface area (Å²) in [5.74, 6) is -0.129. The first-order valence-corrected chi connectivity index (χ1v) is 13.0. The van der Waals surface area contributed by atoms with Gasteiger partial charge in [-0.15, -0.1) is 0 Å². The van der Waals surface area contributed by atoms with E-state index in [4.69, 9.17) is 4.74 Å². The zero-order valence-corrected chi connectivity index (χ0v) is 19.7. The van der Waals surface area contributed by atoms with Crippen LogP contribution in [0.5, 0.6) is 0 Å². The van der Waals surface area contributed by atoms with Crippen molar-refractivity contribution in [3.8, 4) is 0 Å². The van der Waals surface area contributed by atoms with Crippen LogP contribution < -0.4 is 4.90 Å². The minimum Gasteiger partial charge on any atom is -0.375 e. The zero-order valence-electron chi connectivity index (χ0n) is 18.9. The molecule has 174 valence electrons. The van der Waals surface area contributed by atoms with Gasteiger partial charge in [0.25, 0.3) is 5.91 Å². The molecule has 1 heterocycles. The Labute approximate surface area is 192 Å². The van der Waals surface area contributed by atoms with Crippen molar-refractivity contribution < 1.29 is 17.9 Å². The molecule has 0 atom stereocenters. The maximum Gasteiger partial charge on any atom is 0.252 e. The van der Waals surface area contributed by atoms with Crippen molar-refractivity contribution in [1.82, 2.24) is 4.31 Å². The number of fused-ring (bicyclic) bond motifs is 1. The van der Waals surface area contributed by atoms with Crippen LogP contribution in [0.1, 0.15) is 49.7 Å². The molecular formula is C25H34N2O4S. The fourth-order valence-corrected chi connectivity index (χ4v) is 5.68. The first kappa shape index (κ1) is 24.4. The molecule has 1 amide bonds. The number of para-hydroxylation sites is 1. The van der Waals surface area contributed by atoms with Crippen molar-refractivity contribution in [1.29, 1.82) is 0 Å². The number of benzene rings is 2. The molecule has 0 aromatic heterocycles. The Morgan fingerprint density at radius 2 is 1.50 bits per heavy atom. The lowest BCUT2D eigenvalue weighted by Crippen LogP contribution is -2.37. The second-order valence-electron chi connectivity index (χ2n) is 8.30. The molecule has 0 saturated heterocycles. The number of ether oxygens (including phenoxy) is 1.